The Hall–Kier alpha value is -0.0400. The number of likely N-dealkylation sites (N-methyl/N-ethyl adjacent to an activating group) is 2. The lowest BCUT2D eigenvalue weighted by molar-refractivity contribution is -0.118. The number of Topliss-reactive ketones (excluding diaryl/α,β-unsaturated/α-hetero) is 1. The third kappa shape index (κ3) is 6.94. The predicted octanol–water partition coefficient (Wildman–Crippen LogP) is 0.332. The summed E-state index contributed by atoms with van der Waals surface area (Å²) in [7, 11) is 6.75. The lowest BCUT2D eigenvalue weighted by Gasteiger charge is -2.12. The van der Waals surface area contributed by atoms with Gasteiger partial charge in [0.25, 0.3) is 0 Å². The fourth-order valence-corrected chi connectivity index (χ4v) is 3.38. The van der Waals surface area contributed by atoms with Crippen LogP contribution in [0.5, 0.6) is 0 Å². The molecule has 0 saturated carbocycles. The molecule has 0 radical (unpaired) electrons. The molecule has 2 atom stereocenters. The molecule has 4 nitrogen and oxygen atoms in total. The first-order chi connectivity index (χ1) is 7.15. The molecule has 0 amide bonds. The van der Waals surface area contributed by atoms with Gasteiger partial charge in [0, 0.05) is 11.5 Å². The van der Waals surface area contributed by atoms with Gasteiger partial charge in [-0.25, -0.2) is 0 Å². The fraction of sp³-hybridized carbons (Fsp3) is 0.778. The van der Waals surface area contributed by atoms with Crippen molar-refractivity contribution >= 4 is 33.7 Å². The minimum absolute atomic E-state index is 0.0910. The van der Waals surface area contributed by atoms with Crippen LogP contribution in [-0.2, 0) is 9.59 Å². The second-order valence-electron chi connectivity index (χ2n) is 3.05. The first-order valence-electron chi connectivity index (χ1n) is 4.70. The third-order valence-electron chi connectivity index (χ3n) is 1.94. The van der Waals surface area contributed by atoms with Gasteiger partial charge in [0.05, 0.1) is 12.1 Å². The van der Waals surface area contributed by atoms with E-state index in [2.05, 4.69) is 10.6 Å². The van der Waals surface area contributed by atoms with Crippen molar-refractivity contribution in [1.29, 1.82) is 0 Å². The maximum absolute atomic E-state index is 11.1. The van der Waals surface area contributed by atoms with E-state index in [9.17, 15) is 9.59 Å². The van der Waals surface area contributed by atoms with Crippen LogP contribution in [-0.4, -0.2) is 49.8 Å². The molecule has 0 aromatic rings. The number of rotatable bonds is 9. The van der Waals surface area contributed by atoms with Crippen molar-refractivity contribution in [3.8, 4) is 0 Å². The Morgan fingerprint density at radius 1 is 1.27 bits per heavy atom. The molecule has 0 unspecified atom stereocenters. The minimum atomic E-state index is -0.104. The van der Waals surface area contributed by atoms with Crippen molar-refractivity contribution in [1.82, 2.24) is 10.6 Å². The lowest BCUT2D eigenvalue weighted by Crippen LogP contribution is -2.34. The van der Waals surface area contributed by atoms with E-state index in [-0.39, 0.29) is 17.9 Å². The second kappa shape index (κ2) is 9.21. The molecule has 0 spiro atoms. The summed E-state index contributed by atoms with van der Waals surface area (Å²) in [5.74, 6) is 1.59. The van der Waals surface area contributed by atoms with Gasteiger partial charge >= 0.3 is 0 Å². The van der Waals surface area contributed by atoms with E-state index in [1.807, 2.05) is 0 Å². The largest absolute Gasteiger partial charge is 0.310 e. The van der Waals surface area contributed by atoms with Gasteiger partial charge in [0.15, 0.2) is 0 Å². The van der Waals surface area contributed by atoms with E-state index in [1.165, 1.54) is 0 Å². The van der Waals surface area contributed by atoms with Crippen LogP contribution >= 0.6 is 21.6 Å². The van der Waals surface area contributed by atoms with E-state index >= 15 is 0 Å². The Bertz CT molecular complexity index is 203. The molecule has 0 aromatic carbocycles. The molecule has 0 aliphatic carbocycles. The summed E-state index contributed by atoms with van der Waals surface area (Å²) in [6, 6.07) is -0.195. The highest BCUT2D eigenvalue weighted by Gasteiger charge is 2.12. The standard InChI is InChI=1S/C9H18N2O2S2/c1-7(13)9(11-3)6-15-14-5-8(4-12)10-2/h4,8-11H,5-6H2,1-3H3/t8-,9+/m1/s1. The average molecular weight is 250 g/mol. The van der Waals surface area contributed by atoms with E-state index in [0.29, 0.717) is 0 Å². The number of carbonyl (C=O) groups excluding carboxylic acids is 2. The summed E-state index contributed by atoms with van der Waals surface area (Å²) in [4.78, 5) is 21.5. The molecule has 15 heavy (non-hydrogen) atoms. The van der Waals surface area contributed by atoms with Crippen LogP contribution in [0.1, 0.15) is 6.92 Å². The Morgan fingerprint density at radius 2 is 1.87 bits per heavy atom. The molecule has 0 rings (SSSR count). The van der Waals surface area contributed by atoms with Crippen molar-refractivity contribution < 1.29 is 9.59 Å². The van der Waals surface area contributed by atoms with Crippen LogP contribution in [0.25, 0.3) is 0 Å². The first kappa shape index (κ1) is 15.0. The highest BCUT2D eigenvalue weighted by molar-refractivity contribution is 8.76. The van der Waals surface area contributed by atoms with Gasteiger partial charge < -0.3 is 15.4 Å². The topological polar surface area (TPSA) is 58.2 Å². The lowest BCUT2D eigenvalue weighted by atomic mass is 10.2. The van der Waals surface area contributed by atoms with Crippen LogP contribution in [0.15, 0.2) is 0 Å². The number of aldehydes is 1. The van der Waals surface area contributed by atoms with Crippen molar-refractivity contribution in [3.05, 3.63) is 0 Å². The molecule has 0 heterocycles. The maximum Gasteiger partial charge on any atom is 0.147 e. The number of hydrogen-bond donors (Lipinski definition) is 2. The van der Waals surface area contributed by atoms with Gasteiger partial charge in [0.2, 0.25) is 0 Å². The molecule has 2 N–H and O–H groups in total. The molecule has 6 heteroatoms. The molecular formula is C9H18N2O2S2. The molecule has 0 aromatic heterocycles. The highest BCUT2D eigenvalue weighted by Crippen LogP contribution is 2.22. The van der Waals surface area contributed by atoms with Gasteiger partial charge in [-0.15, -0.1) is 0 Å². The van der Waals surface area contributed by atoms with Gasteiger partial charge in [-0.2, -0.15) is 0 Å². The Labute approximate surface area is 98.7 Å². The zero-order chi connectivity index (χ0) is 11.7. The zero-order valence-corrected chi connectivity index (χ0v) is 10.9. The van der Waals surface area contributed by atoms with E-state index in [1.54, 1.807) is 42.6 Å². The predicted molar refractivity (Wildman–Crippen MR) is 67.4 cm³/mol. The maximum atomic E-state index is 11.1. The van der Waals surface area contributed by atoms with Gasteiger partial charge in [-0.1, -0.05) is 21.6 Å². The van der Waals surface area contributed by atoms with Crippen LogP contribution in [0, 0.1) is 0 Å². The first-order valence-corrected chi connectivity index (χ1v) is 7.19. The number of nitrogens with one attached hydrogen (secondary N) is 2. The number of hydrogen-bond acceptors (Lipinski definition) is 6. The Kier molecular flexibility index (Phi) is 9.18. The monoisotopic (exact) mass is 250 g/mol. The summed E-state index contributed by atoms with van der Waals surface area (Å²) in [6.45, 7) is 1.58. The summed E-state index contributed by atoms with van der Waals surface area (Å²) in [5.41, 5.74) is 0. The zero-order valence-electron chi connectivity index (χ0n) is 9.28. The Balaban J connectivity index is 3.60. The summed E-state index contributed by atoms with van der Waals surface area (Å²) < 4.78 is 0. The average Bonchev–Trinajstić information content (AvgIpc) is 2.23. The van der Waals surface area contributed by atoms with Gasteiger partial charge in [-0.05, 0) is 21.0 Å². The molecule has 0 aliphatic rings. The van der Waals surface area contributed by atoms with Gasteiger partial charge in [0.1, 0.15) is 12.1 Å². The molecule has 0 saturated heterocycles. The quantitative estimate of drug-likeness (QED) is 0.349. The van der Waals surface area contributed by atoms with E-state index in [4.69, 9.17) is 0 Å². The Morgan fingerprint density at radius 3 is 2.27 bits per heavy atom. The van der Waals surface area contributed by atoms with Crippen LogP contribution in [0.3, 0.4) is 0 Å². The highest BCUT2D eigenvalue weighted by atomic mass is 33.1. The van der Waals surface area contributed by atoms with Crippen molar-refractivity contribution in [2.45, 2.75) is 19.0 Å². The summed E-state index contributed by atoms with van der Waals surface area (Å²) in [5, 5.41) is 5.84. The second-order valence-corrected chi connectivity index (χ2v) is 5.60. The summed E-state index contributed by atoms with van der Waals surface area (Å²) in [6.07, 6.45) is 0.897. The fourth-order valence-electron chi connectivity index (χ4n) is 0.832. The number of carbonyl (C=O) groups is 2. The van der Waals surface area contributed by atoms with Crippen molar-refractivity contribution in [2.24, 2.45) is 0 Å². The smallest absolute Gasteiger partial charge is 0.147 e. The van der Waals surface area contributed by atoms with Crippen LogP contribution in [0.2, 0.25) is 0 Å². The molecule has 88 valence electrons. The SMILES string of the molecule is CN[C@H](C=O)CSSC[C@H](NC)C(C)=O. The molecule has 0 bridgehead atoms. The van der Waals surface area contributed by atoms with E-state index < -0.39 is 0 Å². The minimum Gasteiger partial charge on any atom is -0.310 e. The van der Waals surface area contributed by atoms with Crippen LogP contribution in [0.4, 0.5) is 0 Å². The normalized spacial score (nSPS) is 14.6. The molecule has 0 fully saturated rings. The van der Waals surface area contributed by atoms with Crippen LogP contribution < -0.4 is 10.6 Å². The van der Waals surface area contributed by atoms with Gasteiger partial charge in [-0.3, -0.25) is 4.79 Å². The molecule has 0 aliphatic heterocycles. The summed E-state index contributed by atoms with van der Waals surface area (Å²) >= 11 is 0. The molecular weight excluding hydrogens is 232 g/mol. The van der Waals surface area contributed by atoms with E-state index in [0.717, 1.165) is 17.8 Å². The van der Waals surface area contributed by atoms with Crippen molar-refractivity contribution in [2.75, 3.05) is 25.6 Å². The number of ketones is 1. The third-order valence-corrected chi connectivity index (χ3v) is 4.39. The van der Waals surface area contributed by atoms with Crippen molar-refractivity contribution in [3.63, 3.8) is 0 Å².